The van der Waals surface area contributed by atoms with Crippen LogP contribution in [0.1, 0.15) is 58.3 Å². The summed E-state index contributed by atoms with van der Waals surface area (Å²) in [6.07, 6.45) is 12.7. The smallest absolute Gasteiger partial charge is 0.317 e. The standard InChI is InChI=1S/C19H33N3O2/c1-2-3-7-12-20-18(23)17-10-13-22(14-11-17)19(24)21-15-16-8-5-4-6-9-16/h4-5,16-17H,2-3,6-15H2,1H3,(H,20,23)(H,21,24). The Morgan fingerprint density at radius 1 is 1.08 bits per heavy atom. The van der Waals surface area contributed by atoms with Gasteiger partial charge in [-0.2, -0.15) is 0 Å². The second-order valence-electron chi connectivity index (χ2n) is 7.10. The zero-order valence-electron chi connectivity index (χ0n) is 15.1. The number of likely N-dealkylation sites (tertiary alicyclic amines) is 1. The van der Waals surface area contributed by atoms with E-state index in [0.717, 1.165) is 58.0 Å². The van der Waals surface area contributed by atoms with Crippen LogP contribution >= 0.6 is 0 Å². The lowest BCUT2D eigenvalue weighted by atomic mass is 9.94. The van der Waals surface area contributed by atoms with Gasteiger partial charge in [-0.25, -0.2) is 4.79 Å². The minimum atomic E-state index is 0.0337. The van der Waals surface area contributed by atoms with Crippen LogP contribution < -0.4 is 10.6 Å². The molecule has 0 radical (unpaired) electrons. The van der Waals surface area contributed by atoms with Crippen molar-refractivity contribution in [2.24, 2.45) is 11.8 Å². The Hall–Kier alpha value is -1.52. The quantitative estimate of drug-likeness (QED) is 0.555. The third-order valence-corrected chi connectivity index (χ3v) is 5.15. The number of rotatable bonds is 7. The molecule has 1 saturated heterocycles. The molecule has 1 aliphatic heterocycles. The summed E-state index contributed by atoms with van der Waals surface area (Å²) in [5, 5.41) is 6.10. The number of piperidine rings is 1. The van der Waals surface area contributed by atoms with Crippen molar-refractivity contribution in [2.45, 2.75) is 58.3 Å². The number of nitrogens with zero attached hydrogens (tertiary/aromatic N) is 1. The minimum absolute atomic E-state index is 0.0337. The highest BCUT2D eigenvalue weighted by Gasteiger charge is 2.27. The Balaban J connectivity index is 1.61. The Morgan fingerprint density at radius 2 is 1.88 bits per heavy atom. The van der Waals surface area contributed by atoms with Gasteiger partial charge in [0.2, 0.25) is 5.91 Å². The molecule has 0 spiro atoms. The van der Waals surface area contributed by atoms with E-state index >= 15 is 0 Å². The molecule has 1 unspecified atom stereocenters. The number of unbranched alkanes of at least 4 members (excludes halogenated alkanes) is 2. The van der Waals surface area contributed by atoms with E-state index in [9.17, 15) is 9.59 Å². The maximum Gasteiger partial charge on any atom is 0.317 e. The Labute approximate surface area is 146 Å². The van der Waals surface area contributed by atoms with Gasteiger partial charge in [0, 0.05) is 32.1 Å². The molecule has 0 aromatic rings. The molecule has 1 fully saturated rings. The van der Waals surface area contributed by atoms with E-state index in [-0.39, 0.29) is 17.9 Å². The summed E-state index contributed by atoms with van der Waals surface area (Å²) in [6, 6.07) is 0.0337. The van der Waals surface area contributed by atoms with Gasteiger partial charge in [0.15, 0.2) is 0 Å². The van der Waals surface area contributed by atoms with E-state index < -0.39 is 0 Å². The topological polar surface area (TPSA) is 61.4 Å². The lowest BCUT2D eigenvalue weighted by Gasteiger charge is -2.32. The summed E-state index contributed by atoms with van der Waals surface area (Å²) in [4.78, 5) is 26.3. The molecule has 2 N–H and O–H groups in total. The number of nitrogens with one attached hydrogen (secondary N) is 2. The molecule has 136 valence electrons. The van der Waals surface area contributed by atoms with Crippen LogP contribution in [-0.4, -0.2) is 43.0 Å². The van der Waals surface area contributed by atoms with Crippen LogP contribution in [0.15, 0.2) is 12.2 Å². The summed E-state index contributed by atoms with van der Waals surface area (Å²) < 4.78 is 0. The summed E-state index contributed by atoms with van der Waals surface area (Å²) in [7, 11) is 0. The first-order valence-corrected chi connectivity index (χ1v) is 9.66. The van der Waals surface area contributed by atoms with Crippen molar-refractivity contribution in [3.8, 4) is 0 Å². The van der Waals surface area contributed by atoms with E-state index in [2.05, 4.69) is 29.7 Å². The Bertz CT molecular complexity index is 428. The maximum atomic E-state index is 12.3. The minimum Gasteiger partial charge on any atom is -0.356 e. The monoisotopic (exact) mass is 335 g/mol. The van der Waals surface area contributed by atoms with Crippen LogP contribution in [0.5, 0.6) is 0 Å². The van der Waals surface area contributed by atoms with E-state index in [4.69, 9.17) is 0 Å². The van der Waals surface area contributed by atoms with Gasteiger partial charge in [0.1, 0.15) is 0 Å². The van der Waals surface area contributed by atoms with E-state index in [0.29, 0.717) is 19.0 Å². The largest absolute Gasteiger partial charge is 0.356 e. The lowest BCUT2D eigenvalue weighted by molar-refractivity contribution is -0.126. The van der Waals surface area contributed by atoms with Gasteiger partial charge >= 0.3 is 6.03 Å². The average Bonchev–Trinajstić information content (AvgIpc) is 2.64. The fourth-order valence-corrected chi connectivity index (χ4v) is 3.46. The third kappa shape index (κ3) is 6.17. The highest BCUT2D eigenvalue weighted by molar-refractivity contribution is 5.79. The second-order valence-corrected chi connectivity index (χ2v) is 7.10. The van der Waals surface area contributed by atoms with E-state index in [1.54, 1.807) is 0 Å². The van der Waals surface area contributed by atoms with Gasteiger partial charge in [-0.05, 0) is 44.4 Å². The molecule has 5 heteroatoms. The van der Waals surface area contributed by atoms with Crippen LogP contribution in [0.4, 0.5) is 4.79 Å². The zero-order chi connectivity index (χ0) is 17.2. The lowest BCUT2D eigenvalue weighted by Crippen LogP contribution is -2.47. The van der Waals surface area contributed by atoms with Crippen LogP contribution in [0.25, 0.3) is 0 Å². The first-order valence-electron chi connectivity index (χ1n) is 9.66. The normalized spacial score (nSPS) is 21.5. The number of amides is 3. The second kappa shape index (κ2) is 10.4. The summed E-state index contributed by atoms with van der Waals surface area (Å²) in [6.45, 7) is 5.07. The molecule has 24 heavy (non-hydrogen) atoms. The predicted octanol–water partition coefficient (Wildman–Crippen LogP) is 3.07. The molecule has 1 aliphatic carbocycles. The van der Waals surface area contributed by atoms with Crippen LogP contribution in [-0.2, 0) is 4.79 Å². The van der Waals surface area contributed by atoms with E-state index in [1.807, 2.05) is 4.90 Å². The molecule has 2 aliphatic rings. The number of hydrogen-bond acceptors (Lipinski definition) is 2. The number of hydrogen-bond donors (Lipinski definition) is 2. The highest BCUT2D eigenvalue weighted by atomic mass is 16.2. The van der Waals surface area contributed by atoms with E-state index in [1.165, 1.54) is 6.42 Å². The van der Waals surface area contributed by atoms with Crippen molar-refractivity contribution in [2.75, 3.05) is 26.2 Å². The zero-order valence-corrected chi connectivity index (χ0v) is 15.1. The van der Waals surface area contributed by atoms with Crippen molar-refractivity contribution in [1.29, 1.82) is 0 Å². The molecular weight excluding hydrogens is 302 g/mol. The molecule has 0 saturated carbocycles. The fourth-order valence-electron chi connectivity index (χ4n) is 3.46. The van der Waals surface area contributed by atoms with Gasteiger partial charge in [-0.1, -0.05) is 31.9 Å². The Kier molecular flexibility index (Phi) is 8.13. The van der Waals surface area contributed by atoms with Crippen molar-refractivity contribution in [3.63, 3.8) is 0 Å². The summed E-state index contributed by atoms with van der Waals surface area (Å²) in [5.41, 5.74) is 0. The van der Waals surface area contributed by atoms with Crippen molar-refractivity contribution < 1.29 is 9.59 Å². The van der Waals surface area contributed by atoms with Gasteiger partial charge in [0.05, 0.1) is 0 Å². The molecule has 0 bridgehead atoms. The van der Waals surface area contributed by atoms with Crippen molar-refractivity contribution >= 4 is 11.9 Å². The molecule has 0 aromatic carbocycles. The van der Waals surface area contributed by atoms with Gasteiger partial charge in [-0.3, -0.25) is 4.79 Å². The number of carbonyl (C=O) groups excluding carboxylic acids is 2. The molecular formula is C19H33N3O2. The Morgan fingerprint density at radius 3 is 2.54 bits per heavy atom. The van der Waals surface area contributed by atoms with Gasteiger partial charge in [-0.15, -0.1) is 0 Å². The SMILES string of the molecule is CCCCCNC(=O)C1CCN(C(=O)NCC2CC=CCC2)CC1. The summed E-state index contributed by atoms with van der Waals surface area (Å²) in [5.74, 6) is 0.810. The molecule has 1 atom stereocenters. The number of carbonyl (C=O) groups is 2. The first kappa shape index (κ1) is 18.8. The molecule has 5 nitrogen and oxygen atoms in total. The maximum absolute atomic E-state index is 12.3. The number of urea groups is 1. The summed E-state index contributed by atoms with van der Waals surface area (Å²) >= 11 is 0. The molecule has 3 amide bonds. The molecule has 1 heterocycles. The van der Waals surface area contributed by atoms with Crippen molar-refractivity contribution in [1.82, 2.24) is 15.5 Å². The van der Waals surface area contributed by atoms with Crippen LogP contribution in [0, 0.1) is 11.8 Å². The fraction of sp³-hybridized carbons (Fsp3) is 0.789. The predicted molar refractivity (Wildman–Crippen MR) is 96.7 cm³/mol. The van der Waals surface area contributed by atoms with Crippen molar-refractivity contribution in [3.05, 3.63) is 12.2 Å². The number of allylic oxidation sites excluding steroid dienone is 2. The highest BCUT2D eigenvalue weighted by Crippen LogP contribution is 2.19. The van der Waals surface area contributed by atoms with Gasteiger partial charge in [0.25, 0.3) is 0 Å². The van der Waals surface area contributed by atoms with Crippen LogP contribution in [0.2, 0.25) is 0 Å². The third-order valence-electron chi connectivity index (χ3n) is 5.15. The van der Waals surface area contributed by atoms with Crippen LogP contribution in [0.3, 0.4) is 0 Å². The molecule has 2 rings (SSSR count). The van der Waals surface area contributed by atoms with Gasteiger partial charge < -0.3 is 15.5 Å². The first-order chi connectivity index (χ1) is 11.7. The average molecular weight is 335 g/mol. The molecule has 0 aromatic heterocycles.